The van der Waals surface area contributed by atoms with Gasteiger partial charge in [0.15, 0.2) is 0 Å². The molecule has 0 saturated carbocycles. The lowest BCUT2D eigenvalue weighted by molar-refractivity contribution is -0.137. The van der Waals surface area contributed by atoms with Gasteiger partial charge in [-0.1, -0.05) is 15.9 Å². The first kappa shape index (κ1) is 13.9. The van der Waals surface area contributed by atoms with Crippen molar-refractivity contribution in [2.45, 2.75) is 12.7 Å². The van der Waals surface area contributed by atoms with Gasteiger partial charge in [0.25, 0.3) is 0 Å². The molecule has 0 aliphatic heterocycles. The van der Waals surface area contributed by atoms with E-state index in [9.17, 15) is 13.2 Å². The smallest absolute Gasteiger partial charge is 0.383 e. The molecule has 0 unspecified atom stereocenters. The van der Waals surface area contributed by atoms with Crippen LogP contribution >= 0.6 is 15.9 Å². The second-order valence-electron chi connectivity index (χ2n) is 3.88. The van der Waals surface area contributed by atoms with Crippen molar-refractivity contribution in [2.75, 3.05) is 11.9 Å². The van der Waals surface area contributed by atoms with Crippen LogP contribution in [-0.2, 0) is 12.7 Å². The average molecular weight is 334 g/mol. The van der Waals surface area contributed by atoms with E-state index >= 15 is 0 Å². The van der Waals surface area contributed by atoms with Gasteiger partial charge < -0.3 is 5.32 Å². The fourth-order valence-corrected chi connectivity index (χ4v) is 2.01. The highest BCUT2D eigenvalue weighted by atomic mass is 79.9. The van der Waals surface area contributed by atoms with Crippen molar-refractivity contribution in [2.24, 2.45) is 0 Å². The summed E-state index contributed by atoms with van der Waals surface area (Å²) >= 11 is 3.17. The van der Waals surface area contributed by atoms with Crippen LogP contribution in [0.25, 0.3) is 0 Å². The van der Waals surface area contributed by atoms with Gasteiger partial charge in [-0.3, -0.25) is 4.68 Å². The highest BCUT2D eigenvalue weighted by molar-refractivity contribution is 9.10. The molecule has 0 atom stereocenters. The van der Waals surface area contributed by atoms with Crippen LogP contribution in [0.1, 0.15) is 5.56 Å². The SMILES string of the molecule is FC(F)(F)c1ccc(Br)cc1NCCn1cccn1. The molecule has 0 aliphatic carbocycles. The van der Waals surface area contributed by atoms with Crippen molar-refractivity contribution in [1.82, 2.24) is 9.78 Å². The van der Waals surface area contributed by atoms with Gasteiger partial charge in [0.1, 0.15) is 0 Å². The molecule has 1 heterocycles. The number of nitrogens with one attached hydrogen (secondary N) is 1. The number of aromatic nitrogens is 2. The first-order valence-electron chi connectivity index (χ1n) is 5.55. The predicted octanol–water partition coefficient (Wildman–Crippen LogP) is 3.78. The molecule has 102 valence electrons. The molecule has 1 N–H and O–H groups in total. The van der Waals surface area contributed by atoms with E-state index in [1.807, 2.05) is 0 Å². The van der Waals surface area contributed by atoms with Crippen LogP contribution in [0.2, 0.25) is 0 Å². The molecule has 2 rings (SSSR count). The van der Waals surface area contributed by atoms with Crippen LogP contribution in [0.15, 0.2) is 41.1 Å². The Morgan fingerprint density at radius 2 is 2.11 bits per heavy atom. The Kier molecular flexibility index (Phi) is 4.14. The molecule has 0 amide bonds. The number of anilines is 1. The summed E-state index contributed by atoms with van der Waals surface area (Å²) in [6, 6.07) is 5.62. The topological polar surface area (TPSA) is 29.9 Å². The predicted molar refractivity (Wildman–Crippen MR) is 69.9 cm³/mol. The lowest BCUT2D eigenvalue weighted by atomic mass is 10.1. The zero-order valence-corrected chi connectivity index (χ0v) is 11.4. The standard InChI is InChI=1S/C12H11BrF3N3/c13-9-2-3-10(12(14,15)16)11(8-9)17-5-7-19-6-1-4-18-19/h1-4,6,8,17H,5,7H2. The van der Waals surface area contributed by atoms with Gasteiger partial charge in [-0.2, -0.15) is 18.3 Å². The van der Waals surface area contributed by atoms with Crippen molar-refractivity contribution in [1.29, 1.82) is 0 Å². The molecule has 0 bridgehead atoms. The van der Waals surface area contributed by atoms with Crippen molar-refractivity contribution < 1.29 is 13.2 Å². The van der Waals surface area contributed by atoms with E-state index in [1.54, 1.807) is 23.1 Å². The molecule has 0 spiro atoms. The summed E-state index contributed by atoms with van der Waals surface area (Å²) in [5.41, 5.74) is -0.606. The molecule has 19 heavy (non-hydrogen) atoms. The largest absolute Gasteiger partial charge is 0.418 e. The van der Waals surface area contributed by atoms with E-state index < -0.39 is 11.7 Å². The number of rotatable bonds is 4. The van der Waals surface area contributed by atoms with Crippen molar-refractivity contribution in [3.05, 3.63) is 46.7 Å². The minimum absolute atomic E-state index is 0.0639. The van der Waals surface area contributed by atoms with Gasteiger partial charge in [-0.15, -0.1) is 0 Å². The third kappa shape index (κ3) is 3.73. The highest BCUT2D eigenvalue weighted by Gasteiger charge is 2.33. The van der Waals surface area contributed by atoms with E-state index in [1.165, 1.54) is 12.1 Å². The van der Waals surface area contributed by atoms with Gasteiger partial charge in [0.2, 0.25) is 0 Å². The van der Waals surface area contributed by atoms with Gasteiger partial charge >= 0.3 is 6.18 Å². The highest BCUT2D eigenvalue weighted by Crippen LogP contribution is 2.36. The average Bonchev–Trinajstić information content (AvgIpc) is 2.80. The summed E-state index contributed by atoms with van der Waals surface area (Å²) < 4.78 is 40.7. The Balaban J connectivity index is 2.08. The summed E-state index contributed by atoms with van der Waals surface area (Å²) in [5, 5.41) is 6.77. The Morgan fingerprint density at radius 1 is 1.32 bits per heavy atom. The lowest BCUT2D eigenvalue weighted by Crippen LogP contribution is -2.15. The van der Waals surface area contributed by atoms with E-state index in [2.05, 4.69) is 26.3 Å². The molecule has 7 heteroatoms. The normalized spacial score (nSPS) is 11.6. The number of halogens is 4. The van der Waals surface area contributed by atoms with Crippen LogP contribution in [0.3, 0.4) is 0 Å². The van der Waals surface area contributed by atoms with Crippen LogP contribution in [0, 0.1) is 0 Å². The summed E-state index contributed by atoms with van der Waals surface area (Å²) in [6.07, 6.45) is -0.984. The van der Waals surface area contributed by atoms with Crippen molar-refractivity contribution in [3.63, 3.8) is 0 Å². The Hall–Kier alpha value is -1.50. The number of hydrogen-bond acceptors (Lipinski definition) is 2. The Bertz CT molecular complexity index is 538. The second kappa shape index (κ2) is 5.64. The minimum atomic E-state index is -4.37. The van der Waals surface area contributed by atoms with Gasteiger partial charge in [-0.25, -0.2) is 0 Å². The van der Waals surface area contributed by atoms with E-state index in [0.29, 0.717) is 17.6 Å². The van der Waals surface area contributed by atoms with E-state index in [4.69, 9.17) is 0 Å². The summed E-state index contributed by atoms with van der Waals surface area (Å²) in [4.78, 5) is 0. The number of hydrogen-bond donors (Lipinski definition) is 1. The van der Waals surface area contributed by atoms with Crippen molar-refractivity contribution >= 4 is 21.6 Å². The maximum Gasteiger partial charge on any atom is 0.418 e. The van der Waals surface area contributed by atoms with Crippen LogP contribution < -0.4 is 5.32 Å². The third-order valence-electron chi connectivity index (χ3n) is 2.50. The molecule has 0 aliphatic rings. The van der Waals surface area contributed by atoms with Gasteiger partial charge in [-0.05, 0) is 24.3 Å². The molecule has 0 fully saturated rings. The lowest BCUT2D eigenvalue weighted by Gasteiger charge is -2.15. The fraction of sp³-hybridized carbons (Fsp3) is 0.250. The number of alkyl halides is 3. The fourth-order valence-electron chi connectivity index (χ4n) is 1.65. The van der Waals surface area contributed by atoms with Gasteiger partial charge in [0.05, 0.1) is 12.1 Å². The number of nitrogens with zero attached hydrogens (tertiary/aromatic N) is 2. The first-order chi connectivity index (χ1) is 8.97. The van der Waals surface area contributed by atoms with Crippen LogP contribution in [0.4, 0.5) is 18.9 Å². The molecule has 0 saturated heterocycles. The van der Waals surface area contributed by atoms with Crippen LogP contribution in [-0.4, -0.2) is 16.3 Å². The molecular formula is C12H11BrF3N3. The summed E-state index contributed by atoms with van der Waals surface area (Å²) in [6.45, 7) is 0.859. The Morgan fingerprint density at radius 3 is 2.74 bits per heavy atom. The molecule has 1 aromatic heterocycles. The zero-order valence-electron chi connectivity index (χ0n) is 9.78. The molecule has 1 aromatic carbocycles. The van der Waals surface area contributed by atoms with E-state index in [-0.39, 0.29) is 5.69 Å². The molecular weight excluding hydrogens is 323 g/mol. The second-order valence-corrected chi connectivity index (χ2v) is 4.80. The third-order valence-corrected chi connectivity index (χ3v) is 3.00. The van der Waals surface area contributed by atoms with E-state index in [0.717, 1.165) is 6.07 Å². The summed E-state index contributed by atoms with van der Waals surface area (Å²) in [7, 11) is 0. The number of benzene rings is 1. The molecule has 2 aromatic rings. The quantitative estimate of drug-likeness (QED) is 0.922. The summed E-state index contributed by atoms with van der Waals surface area (Å²) in [5.74, 6) is 0. The first-order valence-corrected chi connectivity index (χ1v) is 6.34. The Labute approximate surface area is 116 Å². The van der Waals surface area contributed by atoms with Crippen molar-refractivity contribution in [3.8, 4) is 0 Å². The zero-order chi connectivity index (χ0) is 13.9. The van der Waals surface area contributed by atoms with Crippen LogP contribution in [0.5, 0.6) is 0 Å². The molecule has 3 nitrogen and oxygen atoms in total. The maximum atomic E-state index is 12.8. The monoisotopic (exact) mass is 333 g/mol. The molecule has 0 radical (unpaired) electrons. The van der Waals surface area contributed by atoms with Gasteiger partial charge in [0, 0.05) is 29.1 Å². The minimum Gasteiger partial charge on any atom is -0.383 e. The maximum absolute atomic E-state index is 12.8.